The molecule has 0 unspecified atom stereocenters. The molecule has 0 radical (unpaired) electrons. The van der Waals surface area contributed by atoms with Crippen molar-refractivity contribution in [2.75, 3.05) is 13.1 Å². The molecule has 16 heavy (non-hydrogen) atoms. The second-order valence-electron chi connectivity index (χ2n) is 4.71. The molecule has 0 aliphatic carbocycles. The van der Waals surface area contributed by atoms with Gasteiger partial charge in [0.2, 0.25) is 0 Å². The summed E-state index contributed by atoms with van der Waals surface area (Å²) in [5.74, 6) is -0.00479. The molecule has 0 saturated carbocycles. The van der Waals surface area contributed by atoms with Gasteiger partial charge in [0.15, 0.2) is 5.78 Å². The average Bonchev–Trinajstić information content (AvgIpc) is 2.63. The summed E-state index contributed by atoms with van der Waals surface area (Å²) >= 11 is 0. The Kier molecular flexibility index (Phi) is 3.03. The SMILES string of the molecule is CB(O)N1CCC2(CC1)CC(C(C)=O)=NO2. The van der Waals surface area contributed by atoms with Crippen LogP contribution in [0, 0.1) is 0 Å². The molecule has 0 amide bonds. The summed E-state index contributed by atoms with van der Waals surface area (Å²) in [5, 5.41) is 13.3. The van der Waals surface area contributed by atoms with Crippen LogP contribution in [0.25, 0.3) is 0 Å². The molecule has 5 nitrogen and oxygen atoms in total. The highest BCUT2D eigenvalue weighted by molar-refractivity contribution is 6.45. The Morgan fingerprint density at radius 3 is 2.62 bits per heavy atom. The third-order valence-electron chi connectivity index (χ3n) is 3.48. The highest BCUT2D eigenvalue weighted by Crippen LogP contribution is 2.34. The van der Waals surface area contributed by atoms with Crippen LogP contribution in [-0.2, 0) is 9.63 Å². The predicted molar refractivity (Wildman–Crippen MR) is 61.2 cm³/mol. The Bertz CT molecular complexity index is 322. The van der Waals surface area contributed by atoms with Crippen molar-refractivity contribution >= 4 is 18.5 Å². The highest BCUT2D eigenvalue weighted by atomic mass is 16.7. The molecule has 0 aromatic carbocycles. The lowest BCUT2D eigenvalue weighted by molar-refractivity contribution is -0.111. The van der Waals surface area contributed by atoms with E-state index in [4.69, 9.17) is 4.84 Å². The number of ketones is 1. The first-order chi connectivity index (χ1) is 7.52. The molecule has 0 aromatic heterocycles. The Morgan fingerprint density at radius 2 is 2.19 bits per heavy atom. The Labute approximate surface area is 95.6 Å². The molecule has 0 aromatic rings. The number of nitrogens with zero attached hydrogens (tertiary/aromatic N) is 2. The zero-order valence-corrected chi connectivity index (χ0v) is 9.77. The monoisotopic (exact) mass is 224 g/mol. The zero-order valence-electron chi connectivity index (χ0n) is 9.77. The van der Waals surface area contributed by atoms with E-state index in [-0.39, 0.29) is 11.4 Å². The van der Waals surface area contributed by atoms with E-state index in [0.717, 1.165) is 25.9 Å². The van der Waals surface area contributed by atoms with Crippen LogP contribution < -0.4 is 0 Å². The van der Waals surface area contributed by atoms with Crippen LogP contribution in [-0.4, -0.2) is 47.1 Å². The van der Waals surface area contributed by atoms with Crippen LogP contribution in [0.4, 0.5) is 0 Å². The molecule has 1 fully saturated rings. The van der Waals surface area contributed by atoms with Gasteiger partial charge in [-0.3, -0.25) is 4.79 Å². The van der Waals surface area contributed by atoms with E-state index in [2.05, 4.69) is 5.16 Å². The third kappa shape index (κ3) is 2.13. The number of piperidine rings is 1. The number of Topliss-reactive ketones (excluding diaryl/α,β-unsaturated/α-hetero) is 1. The van der Waals surface area contributed by atoms with Gasteiger partial charge < -0.3 is 14.7 Å². The molecule has 1 spiro atoms. The van der Waals surface area contributed by atoms with Gasteiger partial charge in [0.05, 0.1) is 0 Å². The molecular weight excluding hydrogens is 207 g/mol. The van der Waals surface area contributed by atoms with E-state index < -0.39 is 7.05 Å². The normalized spacial score (nSPS) is 24.1. The van der Waals surface area contributed by atoms with Gasteiger partial charge in [-0.1, -0.05) is 5.16 Å². The molecule has 0 atom stereocenters. The smallest absolute Gasteiger partial charge is 0.376 e. The summed E-state index contributed by atoms with van der Waals surface area (Å²) in [7, 11) is -0.410. The van der Waals surface area contributed by atoms with Crippen LogP contribution in [0.3, 0.4) is 0 Å². The van der Waals surface area contributed by atoms with Gasteiger partial charge in [-0.25, -0.2) is 0 Å². The van der Waals surface area contributed by atoms with Crippen LogP contribution in [0.2, 0.25) is 6.82 Å². The van der Waals surface area contributed by atoms with Gasteiger partial charge in [-0.05, 0) is 19.9 Å². The third-order valence-corrected chi connectivity index (χ3v) is 3.48. The molecule has 2 aliphatic rings. The van der Waals surface area contributed by atoms with Crippen LogP contribution in [0.1, 0.15) is 26.2 Å². The number of carbonyl (C=O) groups excluding carboxylic acids is 1. The lowest BCUT2D eigenvalue weighted by Crippen LogP contribution is -2.49. The summed E-state index contributed by atoms with van der Waals surface area (Å²) in [4.78, 5) is 18.6. The van der Waals surface area contributed by atoms with Crippen molar-refractivity contribution < 1.29 is 14.7 Å². The molecule has 2 rings (SSSR count). The standard InChI is InChI=1S/C10H17BN2O3/c1-8(14)9-7-10(16-12-9)3-5-13(6-4-10)11(2)15/h15H,3-7H2,1-2H3. The molecule has 0 bridgehead atoms. The summed E-state index contributed by atoms with van der Waals surface area (Å²) in [6.45, 7) is 4.87. The zero-order chi connectivity index (χ0) is 11.8. The van der Waals surface area contributed by atoms with E-state index >= 15 is 0 Å². The lowest BCUT2D eigenvalue weighted by Gasteiger charge is -2.37. The van der Waals surface area contributed by atoms with Gasteiger partial charge in [-0.15, -0.1) is 0 Å². The van der Waals surface area contributed by atoms with Crippen LogP contribution >= 0.6 is 0 Å². The minimum Gasteiger partial charge on any atom is -0.437 e. The van der Waals surface area contributed by atoms with Crippen molar-refractivity contribution in [3.63, 3.8) is 0 Å². The van der Waals surface area contributed by atoms with Gasteiger partial charge in [0, 0.05) is 26.2 Å². The quantitative estimate of drug-likeness (QED) is 0.685. The minimum atomic E-state index is -0.410. The summed E-state index contributed by atoms with van der Waals surface area (Å²) in [6, 6.07) is 0. The van der Waals surface area contributed by atoms with Crippen molar-refractivity contribution in [2.24, 2.45) is 5.16 Å². The lowest BCUT2D eigenvalue weighted by atomic mass is 9.78. The number of hydrogen-bond donors (Lipinski definition) is 1. The minimum absolute atomic E-state index is 0.00479. The Morgan fingerprint density at radius 1 is 1.56 bits per heavy atom. The molecule has 2 heterocycles. The summed E-state index contributed by atoms with van der Waals surface area (Å²) in [5.41, 5.74) is 0.261. The fourth-order valence-electron chi connectivity index (χ4n) is 2.28. The predicted octanol–water partition coefficient (Wildman–Crippen LogP) is 0.297. The summed E-state index contributed by atoms with van der Waals surface area (Å²) in [6.07, 6.45) is 2.26. The average molecular weight is 224 g/mol. The number of carbonyl (C=O) groups is 1. The second kappa shape index (κ2) is 4.18. The molecule has 2 aliphatic heterocycles. The maximum absolute atomic E-state index is 11.2. The fraction of sp³-hybridized carbons (Fsp3) is 0.800. The first-order valence-corrected chi connectivity index (χ1v) is 5.70. The van der Waals surface area contributed by atoms with E-state index in [0.29, 0.717) is 12.1 Å². The number of oxime groups is 1. The first kappa shape index (κ1) is 11.6. The van der Waals surface area contributed by atoms with Gasteiger partial charge in [0.25, 0.3) is 0 Å². The molecule has 88 valence electrons. The number of rotatable bonds is 2. The van der Waals surface area contributed by atoms with E-state index in [1.165, 1.54) is 6.92 Å². The molecular formula is C10H17BN2O3. The van der Waals surface area contributed by atoms with E-state index in [1.54, 1.807) is 6.82 Å². The van der Waals surface area contributed by atoms with Crippen molar-refractivity contribution in [3.8, 4) is 0 Å². The molecule has 1 saturated heterocycles. The van der Waals surface area contributed by atoms with Crippen molar-refractivity contribution in [3.05, 3.63) is 0 Å². The van der Waals surface area contributed by atoms with Gasteiger partial charge >= 0.3 is 7.05 Å². The second-order valence-corrected chi connectivity index (χ2v) is 4.71. The van der Waals surface area contributed by atoms with Crippen molar-refractivity contribution in [1.82, 2.24) is 4.81 Å². The highest BCUT2D eigenvalue weighted by Gasteiger charge is 2.43. The first-order valence-electron chi connectivity index (χ1n) is 5.70. The Balaban J connectivity index is 1.93. The van der Waals surface area contributed by atoms with Crippen molar-refractivity contribution in [1.29, 1.82) is 0 Å². The molecule has 1 N–H and O–H groups in total. The van der Waals surface area contributed by atoms with Crippen LogP contribution in [0.5, 0.6) is 0 Å². The molecule has 6 heteroatoms. The van der Waals surface area contributed by atoms with Gasteiger partial charge in [0.1, 0.15) is 11.3 Å². The largest absolute Gasteiger partial charge is 0.437 e. The van der Waals surface area contributed by atoms with Crippen molar-refractivity contribution in [2.45, 2.75) is 38.6 Å². The van der Waals surface area contributed by atoms with E-state index in [9.17, 15) is 9.82 Å². The fourth-order valence-corrected chi connectivity index (χ4v) is 2.28. The summed E-state index contributed by atoms with van der Waals surface area (Å²) < 4.78 is 0. The van der Waals surface area contributed by atoms with Crippen LogP contribution in [0.15, 0.2) is 5.16 Å². The number of hydrogen-bond acceptors (Lipinski definition) is 5. The van der Waals surface area contributed by atoms with Gasteiger partial charge in [-0.2, -0.15) is 0 Å². The topological polar surface area (TPSA) is 62.1 Å². The maximum Gasteiger partial charge on any atom is 0.376 e. The Hall–Kier alpha value is -0.875. The maximum atomic E-state index is 11.2. The van der Waals surface area contributed by atoms with E-state index in [1.807, 2.05) is 4.81 Å².